The molecular formula is C12H11N3. The molecule has 0 aliphatic carbocycles. The van der Waals surface area contributed by atoms with Crippen molar-refractivity contribution < 1.29 is 0 Å². The van der Waals surface area contributed by atoms with Crippen molar-refractivity contribution in [2.75, 3.05) is 0 Å². The van der Waals surface area contributed by atoms with E-state index in [9.17, 15) is 0 Å². The topological polar surface area (TPSA) is 41.6 Å². The molecule has 0 spiro atoms. The van der Waals surface area contributed by atoms with E-state index in [1.165, 1.54) is 10.1 Å². The Labute approximate surface area is 88.6 Å². The zero-order valence-electron chi connectivity index (χ0n) is 8.51. The summed E-state index contributed by atoms with van der Waals surface area (Å²) in [6.07, 6.45) is 6.33. The fourth-order valence-electron chi connectivity index (χ4n) is 1.63. The first-order valence-electron chi connectivity index (χ1n) is 4.88. The number of nitrogens with zero attached hydrogens (tertiary/aromatic N) is 3. The summed E-state index contributed by atoms with van der Waals surface area (Å²) in [5, 5.41) is 8.91. The van der Waals surface area contributed by atoms with Crippen LogP contribution in [0.2, 0.25) is 0 Å². The first-order chi connectivity index (χ1) is 7.36. The van der Waals surface area contributed by atoms with E-state index < -0.39 is 0 Å². The lowest BCUT2D eigenvalue weighted by Gasteiger charge is -2.05. The highest BCUT2D eigenvalue weighted by Gasteiger charge is 2.08. The lowest BCUT2D eigenvalue weighted by atomic mass is 10.1. The Hall–Kier alpha value is -2.08. The van der Waals surface area contributed by atoms with Gasteiger partial charge >= 0.3 is 0 Å². The maximum atomic E-state index is 8.91. The zero-order chi connectivity index (χ0) is 10.7. The third-order valence-electron chi connectivity index (χ3n) is 2.39. The maximum absolute atomic E-state index is 8.91. The van der Waals surface area contributed by atoms with Gasteiger partial charge in [0.2, 0.25) is 0 Å². The summed E-state index contributed by atoms with van der Waals surface area (Å²) in [7, 11) is 0. The van der Waals surface area contributed by atoms with Gasteiger partial charge in [-0.05, 0) is 12.0 Å². The summed E-state index contributed by atoms with van der Waals surface area (Å²) in [5.74, 6) is 0.718. The molecule has 3 heteroatoms. The molecule has 0 amide bonds. The fourth-order valence-corrected chi connectivity index (χ4v) is 1.63. The highest BCUT2D eigenvalue weighted by Crippen LogP contribution is 2.21. The molecule has 0 saturated carbocycles. The molecule has 15 heavy (non-hydrogen) atoms. The van der Waals surface area contributed by atoms with E-state index in [0.717, 1.165) is 17.8 Å². The van der Waals surface area contributed by atoms with Crippen LogP contribution in [0.3, 0.4) is 0 Å². The van der Waals surface area contributed by atoms with Crippen molar-refractivity contribution in [2.24, 2.45) is 0 Å². The minimum absolute atomic E-state index is 0.718. The lowest BCUT2D eigenvalue weighted by Crippen LogP contribution is -1.95. The van der Waals surface area contributed by atoms with Gasteiger partial charge in [0, 0.05) is 18.0 Å². The van der Waals surface area contributed by atoms with Crippen LogP contribution in [0, 0.1) is 11.5 Å². The van der Waals surface area contributed by atoms with Crippen LogP contribution >= 0.6 is 0 Å². The second-order valence-corrected chi connectivity index (χ2v) is 3.23. The predicted octanol–water partition coefficient (Wildman–Crippen LogP) is 2.44. The summed E-state index contributed by atoms with van der Waals surface area (Å²) < 4.78 is 1.48. The standard InChI is InChI=1S/C12H11N3/c1-2-10-5-3-4-6-11(10)12-14-7-8-15(12)9-13/h3-8H,2H2,1H3. The van der Waals surface area contributed by atoms with Crippen LogP contribution in [0.1, 0.15) is 12.5 Å². The van der Waals surface area contributed by atoms with Crippen molar-refractivity contribution in [2.45, 2.75) is 13.3 Å². The van der Waals surface area contributed by atoms with Crippen molar-refractivity contribution in [3.8, 4) is 17.6 Å². The zero-order valence-corrected chi connectivity index (χ0v) is 8.51. The summed E-state index contributed by atoms with van der Waals surface area (Å²) in [5.41, 5.74) is 2.24. The number of benzene rings is 1. The molecule has 0 bridgehead atoms. The largest absolute Gasteiger partial charge is 0.236 e. The molecule has 0 fully saturated rings. The van der Waals surface area contributed by atoms with Gasteiger partial charge in [0.1, 0.15) is 0 Å². The molecule has 74 valence electrons. The van der Waals surface area contributed by atoms with Gasteiger partial charge in [-0.2, -0.15) is 5.26 Å². The Bertz CT molecular complexity index is 506. The molecule has 2 aromatic rings. The molecule has 1 aromatic carbocycles. The van der Waals surface area contributed by atoms with Gasteiger partial charge in [-0.25, -0.2) is 9.55 Å². The number of hydrogen-bond acceptors (Lipinski definition) is 2. The minimum atomic E-state index is 0.718. The normalized spacial score (nSPS) is 9.87. The third kappa shape index (κ3) is 1.62. The molecule has 0 aliphatic rings. The molecule has 1 aromatic heterocycles. The van der Waals surface area contributed by atoms with E-state index >= 15 is 0 Å². The maximum Gasteiger partial charge on any atom is 0.190 e. The Morgan fingerprint density at radius 3 is 2.93 bits per heavy atom. The van der Waals surface area contributed by atoms with Gasteiger partial charge < -0.3 is 0 Å². The molecule has 0 unspecified atom stereocenters. The molecule has 0 atom stereocenters. The number of aryl methyl sites for hydroxylation is 1. The number of aromatic nitrogens is 2. The smallest absolute Gasteiger partial charge is 0.190 e. The van der Waals surface area contributed by atoms with Crippen LogP contribution in [0.15, 0.2) is 36.7 Å². The summed E-state index contributed by atoms with van der Waals surface area (Å²) in [6.45, 7) is 2.10. The van der Waals surface area contributed by atoms with E-state index in [2.05, 4.69) is 24.2 Å². The molecule has 3 nitrogen and oxygen atoms in total. The van der Waals surface area contributed by atoms with Crippen LogP contribution in [0.25, 0.3) is 11.4 Å². The average molecular weight is 197 g/mol. The van der Waals surface area contributed by atoms with Gasteiger partial charge in [-0.15, -0.1) is 0 Å². The first kappa shape index (κ1) is 9.47. The molecule has 0 aliphatic heterocycles. The second kappa shape index (κ2) is 3.97. The number of rotatable bonds is 2. The van der Waals surface area contributed by atoms with Gasteiger partial charge in [-0.3, -0.25) is 0 Å². The first-order valence-corrected chi connectivity index (χ1v) is 4.88. The third-order valence-corrected chi connectivity index (χ3v) is 2.39. The van der Waals surface area contributed by atoms with E-state index in [1.54, 1.807) is 12.4 Å². The van der Waals surface area contributed by atoms with E-state index in [4.69, 9.17) is 5.26 Å². The summed E-state index contributed by atoms with van der Waals surface area (Å²) in [4.78, 5) is 4.21. The Balaban J connectivity index is 2.59. The van der Waals surface area contributed by atoms with Gasteiger partial charge in [-0.1, -0.05) is 31.2 Å². The Kier molecular flexibility index (Phi) is 2.51. The van der Waals surface area contributed by atoms with E-state index in [-0.39, 0.29) is 0 Å². The highest BCUT2D eigenvalue weighted by atomic mass is 15.1. The molecule has 1 heterocycles. The van der Waals surface area contributed by atoms with Crippen LogP contribution in [-0.2, 0) is 6.42 Å². The summed E-state index contributed by atoms with van der Waals surface area (Å²) in [6, 6.07) is 8.02. The fraction of sp³-hybridized carbons (Fsp3) is 0.167. The van der Waals surface area contributed by atoms with Crippen molar-refractivity contribution >= 4 is 0 Å². The Morgan fingerprint density at radius 1 is 1.40 bits per heavy atom. The summed E-state index contributed by atoms with van der Waals surface area (Å²) >= 11 is 0. The SMILES string of the molecule is CCc1ccccc1-c1nccn1C#N. The van der Waals surface area contributed by atoms with Gasteiger partial charge in [0.25, 0.3) is 0 Å². The molecular weight excluding hydrogens is 186 g/mol. The molecule has 0 radical (unpaired) electrons. The monoisotopic (exact) mass is 197 g/mol. The average Bonchev–Trinajstić information content (AvgIpc) is 2.76. The minimum Gasteiger partial charge on any atom is -0.236 e. The van der Waals surface area contributed by atoms with Crippen molar-refractivity contribution in [3.05, 3.63) is 42.2 Å². The quantitative estimate of drug-likeness (QED) is 0.742. The molecule has 0 saturated heterocycles. The van der Waals surface area contributed by atoms with Gasteiger partial charge in [0.05, 0.1) is 0 Å². The number of hydrogen-bond donors (Lipinski definition) is 0. The van der Waals surface area contributed by atoms with Crippen LogP contribution in [-0.4, -0.2) is 9.55 Å². The van der Waals surface area contributed by atoms with Crippen molar-refractivity contribution in [1.29, 1.82) is 5.26 Å². The second-order valence-electron chi connectivity index (χ2n) is 3.23. The van der Waals surface area contributed by atoms with Gasteiger partial charge in [0.15, 0.2) is 12.0 Å². The highest BCUT2D eigenvalue weighted by molar-refractivity contribution is 5.61. The Morgan fingerprint density at radius 2 is 2.20 bits per heavy atom. The van der Waals surface area contributed by atoms with Crippen LogP contribution in [0.4, 0.5) is 0 Å². The van der Waals surface area contributed by atoms with Crippen molar-refractivity contribution in [1.82, 2.24) is 9.55 Å². The van der Waals surface area contributed by atoms with Crippen molar-refractivity contribution in [3.63, 3.8) is 0 Å². The van der Waals surface area contributed by atoms with Crippen LogP contribution in [0.5, 0.6) is 0 Å². The molecule has 2 rings (SSSR count). The predicted molar refractivity (Wildman–Crippen MR) is 58.1 cm³/mol. The lowest BCUT2D eigenvalue weighted by molar-refractivity contribution is 1.06. The number of imidazole rings is 1. The van der Waals surface area contributed by atoms with Crippen LogP contribution < -0.4 is 0 Å². The number of nitriles is 1. The van der Waals surface area contributed by atoms with E-state index in [1.807, 2.05) is 18.2 Å². The van der Waals surface area contributed by atoms with E-state index in [0.29, 0.717) is 0 Å². The molecule has 0 N–H and O–H groups in total.